The van der Waals surface area contributed by atoms with Crippen molar-refractivity contribution in [2.45, 2.75) is 0 Å². The van der Waals surface area contributed by atoms with Gasteiger partial charge < -0.3 is 0 Å². The van der Waals surface area contributed by atoms with Gasteiger partial charge in [0.05, 0.1) is 11.7 Å². The van der Waals surface area contributed by atoms with E-state index in [1.54, 1.807) is 12.4 Å². The molecule has 3 rings (SSSR count). The largest absolute Gasteiger partial charge is 0.277 e. The van der Waals surface area contributed by atoms with Crippen LogP contribution in [0, 0.1) is 0 Å². The van der Waals surface area contributed by atoms with Crippen LogP contribution < -0.4 is 0 Å². The number of aromatic amines is 1. The summed E-state index contributed by atoms with van der Waals surface area (Å²) in [6.45, 7) is 0. The van der Waals surface area contributed by atoms with Crippen LogP contribution in [0.25, 0.3) is 22.0 Å². The predicted octanol–water partition coefficient (Wildman–Crippen LogP) is 3.39. The van der Waals surface area contributed by atoms with Crippen LogP contribution in [-0.4, -0.2) is 15.2 Å². The van der Waals surface area contributed by atoms with Crippen molar-refractivity contribution in [2.75, 3.05) is 0 Å². The molecule has 0 atom stereocenters. The summed E-state index contributed by atoms with van der Waals surface area (Å²) in [5, 5.41) is 8.06. The van der Waals surface area contributed by atoms with Crippen molar-refractivity contribution < 1.29 is 0 Å². The highest BCUT2D eigenvalue weighted by molar-refractivity contribution is 9.10. The van der Waals surface area contributed by atoms with Crippen molar-refractivity contribution in [3.8, 4) is 11.1 Å². The van der Waals surface area contributed by atoms with Crippen LogP contribution in [0.1, 0.15) is 0 Å². The average Bonchev–Trinajstić information content (AvgIpc) is 2.76. The van der Waals surface area contributed by atoms with Crippen molar-refractivity contribution in [3.05, 3.63) is 47.3 Å². The minimum absolute atomic E-state index is 1.02. The van der Waals surface area contributed by atoms with Crippen molar-refractivity contribution >= 4 is 26.8 Å². The molecule has 0 aliphatic heterocycles. The normalized spacial score (nSPS) is 10.8. The first kappa shape index (κ1) is 9.54. The molecule has 0 spiro atoms. The minimum atomic E-state index is 1.02. The first-order valence-corrected chi connectivity index (χ1v) is 5.67. The lowest BCUT2D eigenvalue weighted by Crippen LogP contribution is -1.82. The molecule has 3 nitrogen and oxygen atoms in total. The number of H-pyrrole nitrogens is 1. The van der Waals surface area contributed by atoms with E-state index in [2.05, 4.69) is 43.2 Å². The zero-order valence-corrected chi connectivity index (χ0v) is 9.90. The number of fused-ring (bicyclic) bond motifs is 1. The molecule has 0 amide bonds. The monoisotopic (exact) mass is 273 g/mol. The number of hydrogen-bond donors (Lipinski definition) is 1. The van der Waals surface area contributed by atoms with Gasteiger partial charge in [0.1, 0.15) is 0 Å². The van der Waals surface area contributed by atoms with Gasteiger partial charge in [0.2, 0.25) is 0 Å². The molecule has 16 heavy (non-hydrogen) atoms. The van der Waals surface area contributed by atoms with E-state index in [1.807, 2.05) is 18.3 Å². The van der Waals surface area contributed by atoms with Gasteiger partial charge in [0, 0.05) is 27.8 Å². The Morgan fingerprint density at radius 3 is 2.94 bits per heavy atom. The average molecular weight is 274 g/mol. The lowest BCUT2D eigenvalue weighted by Gasteiger charge is -2.02. The second-order valence-corrected chi connectivity index (χ2v) is 4.45. The van der Waals surface area contributed by atoms with Crippen molar-refractivity contribution in [2.24, 2.45) is 0 Å². The number of hydrogen-bond acceptors (Lipinski definition) is 2. The zero-order valence-electron chi connectivity index (χ0n) is 8.31. The molecule has 0 aliphatic rings. The molecule has 0 saturated carbocycles. The Kier molecular flexibility index (Phi) is 2.22. The summed E-state index contributed by atoms with van der Waals surface area (Å²) in [5.41, 5.74) is 3.21. The fourth-order valence-electron chi connectivity index (χ4n) is 1.74. The molecule has 2 heterocycles. The van der Waals surface area contributed by atoms with E-state index >= 15 is 0 Å². The molecule has 0 radical (unpaired) electrons. The third-order valence-corrected chi connectivity index (χ3v) is 2.98. The summed E-state index contributed by atoms with van der Waals surface area (Å²) in [6, 6.07) is 8.14. The van der Waals surface area contributed by atoms with Crippen LogP contribution in [0.3, 0.4) is 0 Å². The van der Waals surface area contributed by atoms with Gasteiger partial charge in [-0.2, -0.15) is 5.10 Å². The second-order valence-electron chi connectivity index (χ2n) is 3.53. The van der Waals surface area contributed by atoms with Gasteiger partial charge in [-0.05, 0) is 17.7 Å². The topological polar surface area (TPSA) is 41.6 Å². The Balaban J connectivity index is 2.29. The van der Waals surface area contributed by atoms with Crippen LogP contribution in [0.15, 0.2) is 47.3 Å². The summed E-state index contributed by atoms with van der Waals surface area (Å²) in [7, 11) is 0. The quantitative estimate of drug-likeness (QED) is 0.739. The molecule has 0 saturated heterocycles. The van der Waals surface area contributed by atoms with E-state index < -0.39 is 0 Å². The fraction of sp³-hybridized carbons (Fsp3) is 0. The first-order valence-electron chi connectivity index (χ1n) is 4.87. The number of rotatable bonds is 1. The van der Waals surface area contributed by atoms with Crippen LogP contribution in [0.2, 0.25) is 0 Å². The fourth-order valence-corrected chi connectivity index (χ4v) is 2.14. The van der Waals surface area contributed by atoms with Crippen molar-refractivity contribution in [1.29, 1.82) is 0 Å². The SMILES string of the molecule is Brc1cccc(-c2cncc3cn[nH]c23)c1. The maximum absolute atomic E-state index is 4.22. The Labute approximate surface area is 101 Å². The van der Waals surface area contributed by atoms with Gasteiger partial charge in [-0.3, -0.25) is 10.1 Å². The Bertz CT molecular complexity index is 645. The molecular weight excluding hydrogens is 266 g/mol. The van der Waals surface area contributed by atoms with Crippen molar-refractivity contribution in [1.82, 2.24) is 15.2 Å². The van der Waals surface area contributed by atoms with E-state index in [9.17, 15) is 0 Å². The van der Waals surface area contributed by atoms with Crippen LogP contribution in [0.5, 0.6) is 0 Å². The molecule has 78 valence electrons. The summed E-state index contributed by atoms with van der Waals surface area (Å²) >= 11 is 3.47. The Morgan fingerprint density at radius 1 is 1.12 bits per heavy atom. The minimum Gasteiger partial charge on any atom is -0.277 e. The molecule has 2 aromatic heterocycles. The molecule has 3 aromatic rings. The summed E-state index contributed by atoms with van der Waals surface area (Å²) < 4.78 is 1.06. The van der Waals surface area contributed by atoms with Gasteiger partial charge in [0.25, 0.3) is 0 Å². The highest BCUT2D eigenvalue weighted by Gasteiger charge is 2.05. The maximum atomic E-state index is 4.22. The van der Waals surface area contributed by atoms with Crippen LogP contribution >= 0.6 is 15.9 Å². The molecule has 1 aromatic carbocycles. The smallest absolute Gasteiger partial charge is 0.0759 e. The van der Waals surface area contributed by atoms with Crippen LogP contribution in [-0.2, 0) is 0 Å². The molecule has 1 N–H and O–H groups in total. The molecule has 0 fully saturated rings. The van der Waals surface area contributed by atoms with E-state index in [-0.39, 0.29) is 0 Å². The molecule has 4 heteroatoms. The Morgan fingerprint density at radius 2 is 2.06 bits per heavy atom. The number of benzene rings is 1. The van der Waals surface area contributed by atoms with E-state index in [1.165, 1.54) is 0 Å². The van der Waals surface area contributed by atoms with E-state index in [0.717, 1.165) is 26.5 Å². The lowest BCUT2D eigenvalue weighted by molar-refractivity contribution is 1.12. The number of nitrogens with zero attached hydrogens (tertiary/aromatic N) is 2. The number of nitrogens with one attached hydrogen (secondary N) is 1. The lowest BCUT2D eigenvalue weighted by atomic mass is 10.1. The third kappa shape index (κ3) is 1.51. The second kappa shape index (κ2) is 3.72. The number of pyridine rings is 1. The molecular formula is C12H8BrN3. The molecule has 0 bridgehead atoms. The summed E-state index contributed by atoms with van der Waals surface area (Å²) in [6.07, 6.45) is 5.44. The standard InChI is InChI=1S/C12H8BrN3/c13-10-3-1-2-8(4-10)11-7-14-5-9-6-15-16-12(9)11/h1-7H,(H,15,16). The number of aromatic nitrogens is 3. The zero-order chi connectivity index (χ0) is 11.0. The highest BCUT2D eigenvalue weighted by atomic mass is 79.9. The van der Waals surface area contributed by atoms with Gasteiger partial charge in [0.15, 0.2) is 0 Å². The van der Waals surface area contributed by atoms with Crippen LogP contribution in [0.4, 0.5) is 0 Å². The summed E-state index contributed by atoms with van der Waals surface area (Å²) in [4.78, 5) is 4.22. The molecule has 0 unspecified atom stereocenters. The first-order chi connectivity index (χ1) is 7.84. The number of halogens is 1. The highest BCUT2D eigenvalue weighted by Crippen LogP contribution is 2.27. The van der Waals surface area contributed by atoms with Gasteiger partial charge in [-0.1, -0.05) is 28.1 Å². The van der Waals surface area contributed by atoms with Gasteiger partial charge in [-0.15, -0.1) is 0 Å². The third-order valence-electron chi connectivity index (χ3n) is 2.49. The maximum Gasteiger partial charge on any atom is 0.0759 e. The van der Waals surface area contributed by atoms with Crippen molar-refractivity contribution in [3.63, 3.8) is 0 Å². The van der Waals surface area contributed by atoms with E-state index in [0.29, 0.717) is 0 Å². The van der Waals surface area contributed by atoms with Gasteiger partial charge in [-0.25, -0.2) is 0 Å². The van der Waals surface area contributed by atoms with E-state index in [4.69, 9.17) is 0 Å². The predicted molar refractivity (Wildman–Crippen MR) is 67.0 cm³/mol. The summed E-state index contributed by atoms with van der Waals surface area (Å²) in [5.74, 6) is 0. The Hall–Kier alpha value is -1.68. The molecule has 0 aliphatic carbocycles. The van der Waals surface area contributed by atoms with Gasteiger partial charge >= 0.3 is 0 Å².